The molecule has 6 heteroatoms. The van der Waals surface area contributed by atoms with Crippen LogP contribution >= 0.6 is 0 Å². The van der Waals surface area contributed by atoms with E-state index < -0.39 is 0 Å². The van der Waals surface area contributed by atoms with Crippen LogP contribution in [0.15, 0.2) is 24.5 Å². The quantitative estimate of drug-likeness (QED) is 0.860. The van der Waals surface area contributed by atoms with Crippen molar-refractivity contribution in [1.29, 1.82) is 0 Å². The summed E-state index contributed by atoms with van der Waals surface area (Å²) in [4.78, 5) is 25.5. The molecule has 1 aromatic rings. The van der Waals surface area contributed by atoms with Crippen LogP contribution < -0.4 is 10.6 Å². The van der Waals surface area contributed by atoms with Gasteiger partial charge in [0.25, 0.3) is 0 Å². The van der Waals surface area contributed by atoms with E-state index in [1.54, 1.807) is 4.90 Å². The molecule has 0 bridgehead atoms. The van der Waals surface area contributed by atoms with Crippen LogP contribution in [0.1, 0.15) is 32.7 Å². The lowest BCUT2D eigenvalue weighted by Crippen LogP contribution is -2.42. The number of nitrogens with one attached hydrogen (secondary N) is 2. The van der Waals surface area contributed by atoms with Crippen LogP contribution in [0, 0.1) is 0 Å². The van der Waals surface area contributed by atoms with Crippen LogP contribution in [0.25, 0.3) is 0 Å². The van der Waals surface area contributed by atoms with Crippen molar-refractivity contribution in [2.75, 3.05) is 19.6 Å². The maximum Gasteiger partial charge on any atom is 0.317 e. The number of rotatable bonds is 5. The van der Waals surface area contributed by atoms with E-state index in [9.17, 15) is 9.59 Å². The summed E-state index contributed by atoms with van der Waals surface area (Å²) in [6, 6.07) is 4.07. The fourth-order valence-electron chi connectivity index (χ4n) is 2.63. The fourth-order valence-corrected chi connectivity index (χ4v) is 2.63. The minimum absolute atomic E-state index is 0.0407. The summed E-state index contributed by atoms with van der Waals surface area (Å²) in [5, 5.41) is 5.81. The van der Waals surface area contributed by atoms with Gasteiger partial charge in [0.05, 0.1) is 0 Å². The second-order valence-corrected chi connectivity index (χ2v) is 5.52. The lowest BCUT2D eigenvalue weighted by atomic mass is 10.2. The second-order valence-electron chi connectivity index (χ2n) is 5.52. The van der Waals surface area contributed by atoms with Crippen molar-refractivity contribution in [3.05, 3.63) is 24.5 Å². The molecule has 21 heavy (non-hydrogen) atoms. The molecule has 6 nitrogen and oxygen atoms in total. The Hall–Kier alpha value is -1.98. The molecular weight excluding hydrogens is 268 g/mol. The molecule has 2 heterocycles. The van der Waals surface area contributed by atoms with Crippen LogP contribution in [0.4, 0.5) is 4.79 Å². The molecule has 2 N–H and O–H groups in total. The Morgan fingerprint density at radius 3 is 2.71 bits per heavy atom. The second kappa shape index (κ2) is 7.15. The van der Waals surface area contributed by atoms with Crippen molar-refractivity contribution in [1.82, 2.24) is 20.1 Å². The first-order chi connectivity index (χ1) is 10.1. The first-order valence-corrected chi connectivity index (χ1v) is 7.54. The van der Waals surface area contributed by atoms with Crippen LogP contribution in [0.5, 0.6) is 0 Å². The predicted molar refractivity (Wildman–Crippen MR) is 81.0 cm³/mol. The Labute approximate surface area is 125 Å². The summed E-state index contributed by atoms with van der Waals surface area (Å²) in [5.74, 6) is 0.0407. The van der Waals surface area contributed by atoms with Gasteiger partial charge < -0.3 is 20.1 Å². The number of carbonyl (C=O) groups is 2. The van der Waals surface area contributed by atoms with Crippen molar-refractivity contribution < 1.29 is 9.59 Å². The van der Waals surface area contributed by atoms with Crippen LogP contribution in [-0.4, -0.2) is 47.1 Å². The fraction of sp³-hybridized carbons (Fsp3) is 0.600. The van der Waals surface area contributed by atoms with E-state index >= 15 is 0 Å². The van der Waals surface area contributed by atoms with Gasteiger partial charge in [-0.3, -0.25) is 4.79 Å². The van der Waals surface area contributed by atoms with Crippen molar-refractivity contribution in [3.63, 3.8) is 0 Å². The molecule has 0 saturated carbocycles. The molecule has 0 spiro atoms. The zero-order chi connectivity index (χ0) is 15.2. The monoisotopic (exact) mass is 292 g/mol. The van der Waals surface area contributed by atoms with Gasteiger partial charge in [0, 0.05) is 50.5 Å². The van der Waals surface area contributed by atoms with E-state index in [1.807, 2.05) is 42.9 Å². The number of urea groups is 1. The third-order valence-electron chi connectivity index (χ3n) is 3.79. The summed E-state index contributed by atoms with van der Waals surface area (Å²) in [5.41, 5.74) is 0. The smallest absolute Gasteiger partial charge is 0.317 e. The van der Waals surface area contributed by atoms with Crippen LogP contribution in [-0.2, 0) is 4.79 Å². The first kappa shape index (κ1) is 15.4. The molecule has 0 radical (unpaired) electrons. The average Bonchev–Trinajstić information content (AvgIpc) is 3.09. The number of hydrogen-bond donors (Lipinski definition) is 2. The summed E-state index contributed by atoms with van der Waals surface area (Å²) >= 11 is 0. The molecule has 0 aliphatic carbocycles. The van der Waals surface area contributed by atoms with Gasteiger partial charge in [0.2, 0.25) is 5.91 Å². The molecule has 1 aliphatic rings. The number of likely N-dealkylation sites (tertiary alicyclic amines) is 1. The molecule has 0 aromatic carbocycles. The van der Waals surface area contributed by atoms with E-state index in [0.717, 1.165) is 6.42 Å². The summed E-state index contributed by atoms with van der Waals surface area (Å²) in [6.07, 6.45) is 5.20. The predicted octanol–water partition coefficient (Wildman–Crippen LogP) is 1.36. The minimum atomic E-state index is -0.0463. The molecule has 2 rings (SSSR count). The SMILES string of the molecule is CCNC(=O)N1CC[C@H](NC(=O)C[C@H](C)n2cccc2)C1. The van der Waals surface area contributed by atoms with Crippen molar-refractivity contribution in [2.24, 2.45) is 0 Å². The normalized spacial score (nSPS) is 19.3. The third-order valence-corrected chi connectivity index (χ3v) is 3.79. The van der Waals surface area contributed by atoms with Gasteiger partial charge in [-0.15, -0.1) is 0 Å². The van der Waals surface area contributed by atoms with Gasteiger partial charge in [-0.05, 0) is 32.4 Å². The summed E-state index contributed by atoms with van der Waals surface area (Å²) in [7, 11) is 0. The molecule has 2 atom stereocenters. The lowest BCUT2D eigenvalue weighted by Gasteiger charge is -2.18. The Kier molecular flexibility index (Phi) is 5.25. The van der Waals surface area contributed by atoms with Crippen molar-refractivity contribution >= 4 is 11.9 Å². The molecule has 1 fully saturated rings. The number of carbonyl (C=O) groups excluding carboxylic acids is 2. The topological polar surface area (TPSA) is 66.4 Å². The van der Waals surface area contributed by atoms with E-state index in [-0.39, 0.29) is 24.0 Å². The standard InChI is InChI=1S/C15H24N4O2/c1-3-16-15(21)19-9-6-13(11-19)17-14(20)10-12(2)18-7-4-5-8-18/h4-5,7-8,12-13H,3,6,9-11H2,1-2H3,(H,16,21)(H,17,20)/t12-,13-/m0/s1. The molecule has 116 valence electrons. The minimum Gasteiger partial charge on any atom is -0.351 e. The van der Waals surface area contributed by atoms with Gasteiger partial charge in [0.15, 0.2) is 0 Å². The Morgan fingerprint density at radius 2 is 2.05 bits per heavy atom. The van der Waals surface area contributed by atoms with Crippen molar-refractivity contribution in [2.45, 2.75) is 38.8 Å². The van der Waals surface area contributed by atoms with Gasteiger partial charge in [-0.1, -0.05) is 0 Å². The Balaban J connectivity index is 1.75. The van der Waals surface area contributed by atoms with E-state index in [1.165, 1.54) is 0 Å². The van der Waals surface area contributed by atoms with Gasteiger partial charge >= 0.3 is 6.03 Å². The molecule has 0 unspecified atom stereocenters. The Morgan fingerprint density at radius 1 is 1.33 bits per heavy atom. The maximum absolute atomic E-state index is 12.1. The highest BCUT2D eigenvalue weighted by atomic mass is 16.2. The zero-order valence-corrected chi connectivity index (χ0v) is 12.7. The number of amides is 3. The van der Waals surface area contributed by atoms with E-state index in [4.69, 9.17) is 0 Å². The largest absolute Gasteiger partial charge is 0.351 e. The molecule has 1 saturated heterocycles. The molecular formula is C15H24N4O2. The molecule has 3 amide bonds. The highest BCUT2D eigenvalue weighted by molar-refractivity contribution is 5.77. The number of hydrogen-bond acceptors (Lipinski definition) is 2. The van der Waals surface area contributed by atoms with Crippen LogP contribution in [0.2, 0.25) is 0 Å². The third kappa shape index (κ3) is 4.24. The summed E-state index contributed by atoms with van der Waals surface area (Å²) < 4.78 is 2.02. The highest BCUT2D eigenvalue weighted by Crippen LogP contribution is 2.13. The van der Waals surface area contributed by atoms with E-state index in [0.29, 0.717) is 26.1 Å². The van der Waals surface area contributed by atoms with Gasteiger partial charge in [-0.2, -0.15) is 0 Å². The highest BCUT2D eigenvalue weighted by Gasteiger charge is 2.27. The van der Waals surface area contributed by atoms with E-state index in [2.05, 4.69) is 10.6 Å². The number of aromatic nitrogens is 1. The first-order valence-electron chi connectivity index (χ1n) is 7.54. The van der Waals surface area contributed by atoms with Crippen LogP contribution in [0.3, 0.4) is 0 Å². The zero-order valence-electron chi connectivity index (χ0n) is 12.7. The summed E-state index contributed by atoms with van der Waals surface area (Å²) in [6.45, 7) is 5.84. The average molecular weight is 292 g/mol. The van der Waals surface area contributed by atoms with Gasteiger partial charge in [-0.25, -0.2) is 4.79 Å². The van der Waals surface area contributed by atoms with Gasteiger partial charge in [0.1, 0.15) is 0 Å². The molecule has 1 aromatic heterocycles. The lowest BCUT2D eigenvalue weighted by molar-refractivity contribution is -0.122. The molecule has 1 aliphatic heterocycles. The Bertz CT molecular complexity index is 472. The number of nitrogens with zero attached hydrogens (tertiary/aromatic N) is 2. The van der Waals surface area contributed by atoms with Crippen molar-refractivity contribution in [3.8, 4) is 0 Å². The maximum atomic E-state index is 12.1.